The first kappa shape index (κ1) is 11.4. The molecule has 3 N–H and O–H groups in total. The number of rotatable bonds is 2. The lowest BCUT2D eigenvalue weighted by Crippen LogP contribution is -2.07. The van der Waals surface area contributed by atoms with Crippen LogP contribution in [0.2, 0.25) is 0 Å². The molecule has 0 saturated heterocycles. The monoisotopic (exact) mass is 325 g/mol. The van der Waals surface area contributed by atoms with Gasteiger partial charge < -0.3 is 10.7 Å². The quantitative estimate of drug-likeness (QED) is 0.748. The van der Waals surface area contributed by atoms with Gasteiger partial charge in [0.15, 0.2) is 5.65 Å². The normalized spacial score (nSPS) is 11.2. The molecular formula is C10H8BrN5OS. The Kier molecular flexibility index (Phi) is 2.67. The summed E-state index contributed by atoms with van der Waals surface area (Å²) in [6.45, 7) is 0.454. The molecule has 0 aromatic carbocycles. The van der Waals surface area contributed by atoms with E-state index in [1.54, 1.807) is 16.1 Å². The number of imidazole rings is 1. The van der Waals surface area contributed by atoms with Gasteiger partial charge in [0.05, 0.1) is 6.54 Å². The summed E-state index contributed by atoms with van der Waals surface area (Å²) in [5.74, 6) is 0.377. The molecule has 0 aliphatic rings. The van der Waals surface area contributed by atoms with Crippen LogP contribution in [0.15, 0.2) is 26.9 Å². The van der Waals surface area contributed by atoms with E-state index in [9.17, 15) is 4.79 Å². The average Bonchev–Trinajstić information content (AvgIpc) is 2.84. The number of nitrogen functional groups attached to an aromatic ring is 1. The molecule has 0 radical (unpaired) electrons. The second kappa shape index (κ2) is 4.21. The van der Waals surface area contributed by atoms with Gasteiger partial charge in [0.1, 0.15) is 5.52 Å². The molecule has 0 bridgehead atoms. The molecule has 0 aliphatic heterocycles. The SMILES string of the molecule is Nc1nc2cc(Br)cnc2n1Cc1csc(=O)[nH]1. The van der Waals surface area contributed by atoms with Crippen LogP contribution >= 0.6 is 27.3 Å². The van der Waals surface area contributed by atoms with Crippen LogP contribution < -0.4 is 10.6 Å². The van der Waals surface area contributed by atoms with Gasteiger partial charge in [-0.25, -0.2) is 9.97 Å². The van der Waals surface area contributed by atoms with Crippen LogP contribution in [0.25, 0.3) is 11.2 Å². The molecule has 18 heavy (non-hydrogen) atoms. The van der Waals surface area contributed by atoms with E-state index in [4.69, 9.17) is 5.73 Å². The van der Waals surface area contributed by atoms with E-state index in [0.29, 0.717) is 18.1 Å². The Morgan fingerprint density at radius 2 is 2.39 bits per heavy atom. The molecule has 3 aromatic rings. The number of pyridine rings is 1. The van der Waals surface area contributed by atoms with Crippen molar-refractivity contribution in [2.24, 2.45) is 0 Å². The second-order valence-corrected chi connectivity index (χ2v) is 5.48. The molecule has 0 atom stereocenters. The zero-order valence-corrected chi connectivity index (χ0v) is 11.5. The van der Waals surface area contributed by atoms with Crippen LogP contribution in [0.5, 0.6) is 0 Å². The molecule has 0 fully saturated rings. The fraction of sp³-hybridized carbons (Fsp3) is 0.100. The van der Waals surface area contributed by atoms with E-state index < -0.39 is 0 Å². The largest absolute Gasteiger partial charge is 0.369 e. The maximum Gasteiger partial charge on any atom is 0.304 e. The van der Waals surface area contributed by atoms with Gasteiger partial charge in [-0.2, -0.15) is 0 Å². The van der Waals surface area contributed by atoms with Crippen LogP contribution in [0.3, 0.4) is 0 Å². The first-order chi connectivity index (χ1) is 8.63. The predicted octanol–water partition coefficient (Wildman–Crippen LogP) is 1.57. The first-order valence-corrected chi connectivity index (χ1v) is 6.74. The highest BCUT2D eigenvalue weighted by Gasteiger charge is 2.11. The Morgan fingerprint density at radius 3 is 3.11 bits per heavy atom. The number of fused-ring (bicyclic) bond motifs is 1. The number of anilines is 1. The molecule has 0 amide bonds. The minimum absolute atomic E-state index is 0.0799. The van der Waals surface area contributed by atoms with Gasteiger partial charge in [0.2, 0.25) is 5.95 Å². The number of aromatic nitrogens is 4. The van der Waals surface area contributed by atoms with Gasteiger partial charge in [0, 0.05) is 21.7 Å². The van der Waals surface area contributed by atoms with Gasteiger partial charge in [-0.3, -0.25) is 9.36 Å². The fourth-order valence-electron chi connectivity index (χ4n) is 1.72. The van der Waals surface area contributed by atoms with Crippen LogP contribution in [0, 0.1) is 0 Å². The summed E-state index contributed by atoms with van der Waals surface area (Å²) in [6, 6.07) is 1.85. The number of hydrogen-bond donors (Lipinski definition) is 2. The van der Waals surface area contributed by atoms with Crippen molar-refractivity contribution in [3.05, 3.63) is 37.5 Å². The number of thiazole rings is 1. The van der Waals surface area contributed by atoms with Crippen molar-refractivity contribution in [2.75, 3.05) is 5.73 Å². The van der Waals surface area contributed by atoms with Gasteiger partial charge in [-0.15, -0.1) is 0 Å². The summed E-state index contributed by atoms with van der Waals surface area (Å²) in [6.07, 6.45) is 1.69. The number of nitrogens with two attached hydrogens (primary N) is 1. The van der Waals surface area contributed by atoms with Crippen LogP contribution in [0.1, 0.15) is 5.69 Å². The Labute approximate surface area is 114 Å². The molecule has 3 aromatic heterocycles. The van der Waals surface area contributed by atoms with Crippen molar-refractivity contribution in [1.29, 1.82) is 0 Å². The summed E-state index contributed by atoms with van der Waals surface area (Å²) < 4.78 is 2.61. The molecule has 3 rings (SSSR count). The Balaban J connectivity index is 2.11. The van der Waals surface area contributed by atoms with Crippen LogP contribution in [-0.2, 0) is 6.54 Å². The van der Waals surface area contributed by atoms with Crippen molar-refractivity contribution in [3.8, 4) is 0 Å². The number of halogens is 1. The summed E-state index contributed by atoms with van der Waals surface area (Å²) in [7, 11) is 0. The Hall–Kier alpha value is -1.67. The van der Waals surface area contributed by atoms with Gasteiger partial charge >= 0.3 is 4.87 Å². The zero-order chi connectivity index (χ0) is 12.7. The maximum atomic E-state index is 11.1. The Bertz CT molecular complexity index is 774. The first-order valence-electron chi connectivity index (χ1n) is 5.07. The number of nitrogens with zero attached hydrogens (tertiary/aromatic N) is 3. The summed E-state index contributed by atoms with van der Waals surface area (Å²) in [5.41, 5.74) is 8.08. The smallest absolute Gasteiger partial charge is 0.304 e. The third-order valence-electron chi connectivity index (χ3n) is 2.48. The predicted molar refractivity (Wildman–Crippen MR) is 73.7 cm³/mol. The lowest BCUT2D eigenvalue weighted by atomic mass is 10.4. The average molecular weight is 326 g/mol. The number of aromatic amines is 1. The Morgan fingerprint density at radius 1 is 1.56 bits per heavy atom. The van der Waals surface area contributed by atoms with Gasteiger partial charge in [-0.1, -0.05) is 11.3 Å². The van der Waals surface area contributed by atoms with E-state index in [1.807, 2.05) is 6.07 Å². The van der Waals surface area contributed by atoms with Crippen LogP contribution in [0.4, 0.5) is 5.95 Å². The molecule has 3 heterocycles. The lowest BCUT2D eigenvalue weighted by molar-refractivity contribution is 0.804. The molecule has 92 valence electrons. The topological polar surface area (TPSA) is 89.6 Å². The minimum atomic E-state index is -0.0799. The molecule has 8 heteroatoms. The third kappa shape index (κ3) is 1.93. The zero-order valence-electron chi connectivity index (χ0n) is 9.05. The van der Waals surface area contributed by atoms with Gasteiger partial charge in [0.25, 0.3) is 0 Å². The summed E-state index contributed by atoms with van der Waals surface area (Å²) in [5, 5.41) is 1.77. The molecule has 0 unspecified atom stereocenters. The third-order valence-corrected chi connectivity index (χ3v) is 3.63. The highest BCUT2D eigenvalue weighted by Crippen LogP contribution is 2.20. The maximum absolute atomic E-state index is 11.1. The highest BCUT2D eigenvalue weighted by atomic mass is 79.9. The van der Waals surface area contributed by atoms with Gasteiger partial charge in [-0.05, 0) is 22.0 Å². The molecule has 6 nitrogen and oxygen atoms in total. The lowest BCUT2D eigenvalue weighted by Gasteiger charge is -2.03. The van der Waals surface area contributed by atoms with Crippen LogP contribution in [-0.4, -0.2) is 19.5 Å². The standard InChI is InChI=1S/C10H8BrN5OS/c11-5-1-7-8(13-2-5)16(9(12)15-7)3-6-4-18-10(17)14-6/h1-2,4H,3H2,(H2,12,15)(H,14,17). The summed E-state index contributed by atoms with van der Waals surface area (Å²) >= 11 is 4.46. The van der Waals surface area contributed by atoms with E-state index in [1.165, 1.54) is 0 Å². The van der Waals surface area contributed by atoms with E-state index in [2.05, 4.69) is 30.9 Å². The minimum Gasteiger partial charge on any atom is -0.369 e. The van der Waals surface area contributed by atoms with Crippen molar-refractivity contribution >= 4 is 44.4 Å². The van der Waals surface area contributed by atoms with E-state index in [0.717, 1.165) is 27.0 Å². The number of H-pyrrole nitrogens is 1. The molecule has 0 spiro atoms. The van der Waals surface area contributed by atoms with Crippen molar-refractivity contribution in [1.82, 2.24) is 19.5 Å². The number of nitrogens with one attached hydrogen (secondary N) is 1. The van der Waals surface area contributed by atoms with Crippen molar-refractivity contribution < 1.29 is 0 Å². The molecule has 0 aliphatic carbocycles. The summed E-state index contributed by atoms with van der Waals surface area (Å²) in [4.78, 5) is 22.3. The van der Waals surface area contributed by atoms with Crippen molar-refractivity contribution in [2.45, 2.75) is 6.54 Å². The number of hydrogen-bond acceptors (Lipinski definition) is 5. The molecular weight excluding hydrogens is 318 g/mol. The van der Waals surface area contributed by atoms with E-state index >= 15 is 0 Å². The molecule has 0 saturated carbocycles. The fourth-order valence-corrected chi connectivity index (χ4v) is 2.61. The van der Waals surface area contributed by atoms with Crippen molar-refractivity contribution in [3.63, 3.8) is 0 Å². The van der Waals surface area contributed by atoms with E-state index in [-0.39, 0.29) is 4.87 Å². The second-order valence-electron chi connectivity index (χ2n) is 3.73. The highest BCUT2D eigenvalue weighted by molar-refractivity contribution is 9.10.